The van der Waals surface area contributed by atoms with Crippen molar-refractivity contribution in [1.82, 2.24) is 9.80 Å². The number of carbonyl (C=O) groups excluding carboxylic acids is 2. The Balaban J connectivity index is 1.56. The zero-order valence-corrected chi connectivity index (χ0v) is 19.8. The van der Waals surface area contributed by atoms with Gasteiger partial charge in [-0.05, 0) is 49.6 Å². The number of rotatable bonds is 10. The van der Waals surface area contributed by atoms with E-state index in [-0.39, 0.29) is 24.4 Å². The molecule has 0 N–H and O–H groups in total. The van der Waals surface area contributed by atoms with Crippen LogP contribution in [0.4, 0.5) is 0 Å². The third kappa shape index (κ3) is 5.60. The van der Waals surface area contributed by atoms with Crippen molar-refractivity contribution in [2.45, 2.75) is 38.9 Å². The Labute approximate surface area is 199 Å². The molecule has 7 nitrogen and oxygen atoms in total. The van der Waals surface area contributed by atoms with Gasteiger partial charge < -0.3 is 23.7 Å². The maximum absolute atomic E-state index is 13.5. The molecule has 1 heterocycles. The van der Waals surface area contributed by atoms with Crippen molar-refractivity contribution < 1.29 is 23.5 Å². The van der Waals surface area contributed by atoms with E-state index in [9.17, 15) is 9.59 Å². The summed E-state index contributed by atoms with van der Waals surface area (Å²) in [5.41, 5.74) is 1.43. The zero-order valence-electron chi connectivity index (χ0n) is 19.8. The van der Waals surface area contributed by atoms with Gasteiger partial charge in [0.2, 0.25) is 5.91 Å². The molecule has 0 saturated heterocycles. The predicted octanol–water partition coefficient (Wildman–Crippen LogP) is 4.44. The predicted molar refractivity (Wildman–Crippen MR) is 128 cm³/mol. The molecule has 1 aromatic heterocycles. The van der Waals surface area contributed by atoms with Crippen LogP contribution in [-0.2, 0) is 17.9 Å². The lowest BCUT2D eigenvalue weighted by molar-refractivity contribution is -0.133. The fraction of sp³-hybridized carbons (Fsp3) is 0.333. The highest BCUT2D eigenvalue weighted by Crippen LogP contribution is 2.32. The molecule has 0 spiro atoms. The Kier molecular flexibility index (Phi) is 7.21. The van der Waals surface area contributed by atoms with Gasteiger partial charge in [-0.15, -0.1) is 0 Å². The van der Waals surface area contributed by atoms with E-state index in [1.165, 1.54) is 7.11 Å². The first-order valence-electron chi connectivity index (χ1n) is 11.4. The maximum atomic E-state index is 13.5. The lowest BCUT2D eigenvalue weighted by Crippen LogP contribution is -2.43. The summed E-state index contributed by atoms with van der Waals surface area (Å²) in [7, 11) is 3.08. The van der Waals surface area contributed by atoms with E-state index in [2.05, 4.69) is 0 Å². The highest BCUT2D eigenvalue weighted by molar-refractivity contribution is 5.99. The lowest BCUT2D eigenvalue weighted by atomic mass is 10.1. The first kappa shape index (κ1) is 23.4. The van der Waals surface area contributed by atoms with Crippen molar-refractivity contribution in [2.75, 3.05) is 20.8 Å². The van der Waals surface area contributed by atoms with Crippen LogP contribution in [0.5, 0.6) is 11.5 Å². The van der Waals surface area contributed by atoms with Gasteiger partial charge in [0.15, 0.2) is 0 Å². The summed E-state index contributed by atoms with van der Waals surface area (Å²) in [4.78, 5) is 30.4. The van der Waals surface area contributed by atoms with E-state index in [0.717, 1.165) is 24.2 Å². The van der Waals surface area contributed by atoms with E-state index >= 15 is 0 Å². The van der Waals surface area contributed by atoms with Crippen LogP contribution in [-0.4, -0.2) is 48.4 Å². The molecule has 2 aromatic carbocycles. The topological polar surface area (TPSA) is 72.2 Å². The van der Waals surface area contributed by atoms with Crippen molar-refractivity contribution in [2.24, 2.45) is 0 Å². The molecule has 4 rings (SSSR count). The Bertz CT molecular complexity index is 1140. The van der Waals surface area contributed by atoms with Crippen LogP contribution in [0.1, 0.15) is 40.3 Å². The Morgan fingerprint density at radius 1 is 0.971 bits per heavy atom. The van der Waals surface area contributed by atoms with Gasteiger partial charge in [-0.25, -0.2) is 0 Å². The maximum Gasteiger partial charge on any atom is 0.258 e. The van der Waals surface area contributed by atoms with E-state index in [1.807, 2.05) is 49.4 Å². The standard InChI is InChI=1S/C27H30N2O5/c1-19-9-12-23(34-19)17-28(16-20-7-5-4-6-8-20)26(30)18-29(21-10-11-21)27(31)24-14-13-22(32-2)15-25(24)33-3/h4-9,12-15,21H,10-11,16-18H2,1-3H3. The minimum Gasteiger partial charge on any atom is -0.497 e. The second-order valence-electron chi connectivity index (χ2n) is 8.48. The smallest absolute Gasteiger partial charge is 0.258 e. The minimum absolute atomic E-state index is 0.00872. The van der Waals surface area contributed by atoms with Crippen LogP contribution in [0.2, 0.25) is 0 Å². The number of furan rings is 1. The van der Waals surface area contributed by atoms with Crippen molar-refractivity contribution in [3.05, 3.63) is 83.3 Å². The number of hydrogen-bond donors (Lipinski definition) is 0. The van der Waals surface area contributed by atoms with Gasteiger partial charge >= 0.3 is 0 Å². The molecule has 0 aliphatic heterocycles. The second-order valence-corrected chi connectivity index (χ2v) is 8.48. The summed E-state index contributed by atoms with van der Waals surface area (Å²) < 4.78 is 16.4. The number of amides is 2. The van der Waals surface area contributed by atoms with Crippen LogP contribution in [0.3, 0.4) is 0 Å². The molecule has 3 aromatic rings. The zero-order chi connectivity index (χ0) is 24.1. The number of nitrogens with zero attached hydrogens (tertiary/aromatic N) is 2. The van der Waals surface area contributed by atoms with Gasteiger partial charge in [0.1, 0.15) is 29.6 Å². The fourth-order valence-electron chi connectivity index (χ4n) is 3.92. The van der Waals surface area contributed by atoms with Crippen molar-refractivity contribution in [1.29, 1.82) is 0 Å². The van der Waals surface area contributed by atoms with Crippen molar-refractivity contribution >= 4 is 11.8 Å². The minimum atomic E-state index is -0.219. The van der Waals surface area contributed by atoms with Crippen LogP contribution in [0, 0.1) is 6.92 Å². The number of benzene rings is 2. The van der Waals surface area contributed by atoms with Crippen LogP contribution >= 0.6 is 0 Å². The molecule has 1 saturated carbocycles. The molecule has 7 heteroatoms. The quantitative estimate of drug-likeness (QED) is 0.446. The number of methoxy groups -OCH3 is 2. The monoisotopic (exact) mass is 462 g/mol. The summed E-state index contributed by atoms with van der Waals surface area (Å²) in [6, 6.07) is 18.7. The van der Waals surface area contributed by atoms with E-state index in [0.29, 0.717) is 35.9 Å². The normalized spacial score (nSPS) is 12.8. The van der Waals surface area contributed by atoms with Gasteiger partial charge in [-0.2, -0.15) is 0 Å². The summed E-state index contributed by atoms with van der Waals surface area (Å²) in [5.74, 6) is 2.18. The number of aryl methyl sites for hydroxylation is 1. The molecule has 1 fully saturated rings. The summed E-state index contributed by atoms with van der Waals surface area (Å²) in [6.07, 6.45) is 1.76. The third-order valence-corrected chi connectivity index (χ3v) is 5.90. The first-order chi connectivity index (χ1) is 16.5. The molecule has 0 bridgehead atoms. The largest absolute Gasteiger partial charge is 0.497 e. The van der Waals surface area contributed by atoms with Gasteiger partial charge in [0.05, 0.1) is 26.3 Å². The van der Waals surface area contributed by atoms with Crippen molar-refractivity contribution in [3.8, 4) is 11.5 Å². The molecular formula is C27H30N2O5. The molecule has 0 radical (unpaired) electrons. The second kappa shape index (κ2) is 10.5. The first-order valence-corrected chi connectivity index (χ1v) is 11.4. The molecule has 34 heavy (non-hydrogen) atoms. The fourth-order valence-corrected chi connectivity index (χ4v) is 3.92. The molecule has 2 amide bonds. The Morgan fingerprint density at radius 3 is 2.35 bits per heavy atom. The van der Waals surface area contributed by atoms with Crippen molar-refractivity contribution in [3.63, 3.8) is 0 Å². The average molecular weight is 463 g/mol. The number of carbonyl (C=O) groups is 2. The summed E-state index contributed by atoms with van der Waals surface area (Å²) in [6.45, 7) is 2.63. The average Bonchev–Trinajstić information content (AvgIpc) is 3.62. The van der Waals surface area contributed by atoms with Crippen LogP contribution < -0.4 is 9.47 Å². The van der Waals surface area contributed by atoms with E-state index < -0.39 is 0 Å². The Morgan fingerprint density at radius 2 is 1.74 bits per heavy atom. The molecule has 1 aliphatic rings. The molecule has 0 atom stereocenters. The molecular weight excluding hydrogens is 432 g/mol. The van der Waals surface area contributed by atoms with Crippen LogP contribution in [0.25, 0.3) is 0 Å². The lowest BCUT2D eigenvalue weighted by Gasteiger charge is -2.28. The molecule has 178 valence electrons. The SMILES string of the molecule is COc1ccc(C(=O)N(CC(=O)N(Cc2ccccc2)Cc2ccc(C)o2)C2CC2)c(OC)c1. The Hall–Kier alpha value is -3.74. The highest BCUT2D eigenvalue weighted by Gasteiger charge is 2.36. The van der Waals surface area contributed by atoms with Gasteiger partial charge in [-0.1, -0.05) is 30.3 Å². The van der Waals surface area contributed by atoms with E-state index in [1.54, 1.807) is 35.1 Å². The van der Waals surface area contributed by atoms with Gasteiger partial charge in [0.25, 0.3) is 5.91 Å². The summed E-state index contributed by atoms with van der Waals surface area (Å²) in [5, 5.41) is 0. The van der Waals surface area contributed by atoms with Gasteiger partial charge in [-0.3, -0.25) is 9.59 Å². The number of ether oxygens (including phenoxy) is 2. The van der Waals surface area contributed by atoms with Gasteiger partial charge in [0, 0.05) is 18.7 Å². The number of hydrogen-bond acceptors (Lipinski definition) is 5. The summed E-state index contributed by atoms with van der Waals surface area (Å²) >= 11 is 0. The highest BCUT2D eigenvalue weighted by atomic mass is 16.5. The molecule has 1 aliphatic carbocycles. The molecule has 0 unspecified atom stereocenters. The third-order valence-electron chi connectivity index (χ3n) is 5.90. The van der Waals surface area contributed by atoms with E-state index in [4.69, 9.17) is 13.9 Å². The van der Waals surface area contributed by atoms with Crippen LogP contribution in [0.15, 0.2) is 65.1 Å².